The second-order valence-corrected chi connectivity index (χ2v) is 36.6. The van der Waals surface area contributed by atoms with Crippen molar-refractivity contribution in [2.24, 2.45) is 16.7 Å². The lowest BCUT2D eigenvalue weighted by Gasteiger charge is -2.48. The van der Waals surface area contributed by atoms with Crippen molar-refractivity contribution in [2.75, 3.05) is 58.9 Å². The van der Waals surface area contributed by atoms with Crippen LogP contribution in [0.3, 0.4) is 0 Å². The number of carbonyl (C=O) groups excluding carboxylic acids is 5. The van der Waals surface area contributed by atoms with Crippen LogP contribution in [0.25, 0.3) is 67.1 Å². The number of hydrogen-bond donors (Lipinski definition) is 2. The molecule has 5 amide bonds. The highest BCUT2D eigenvalue weighted by Crippen LogP contribution is 2.51. The third kappa shape index (κ3) is 18.8. The molecule has 3 aromatic carbocycles. The van der Waals surface area contributed by atoms with Crippen molar-refractivity contribution in [1.82, 2.24) is 44.4 Å². The molecule has 0 spiro atoms. The highest BCUT2D eigenvalue weighted by molar-refractivity contribution is 5.99. The maximum atomic E-state index is 13.7. The number of benzene rings is 3. The van der Waals surface area contributed by atoms with Gasteiger partial charge in [0.15, 0.2) is 34.0 Å². The standard InChI is InChI=1S/C30H36FN3O4.C30H38FN3O4.C30H38FN3O2/c1-18(2)14-24(35)27(36)33-12-13-34(29(3,4)17-33)28(37)25-16-23-26(38-25)21(30(5)10-11-30)15-22(32-23)19-6-8-20(31)9-7-19;1-18(2)21-14-22(19-8-10-20(31)11-9-19)32-23-15-25(38-26(21)23)28(37)34-13-12-33(17-30(34,6)7)27(36)24(35)16-29(3,4)5;1-19(2)23-15-24(21-9-11-22(31)12-10-21)32-25-16-26(36-27(23)25)28(35)34-14-13-33(18-30(34,7)8)20(3)17-29(4,5)6/h6-9,15-16,18,24,35H,10-14,17H2,1-5H3;8-11,14-15,18,24,35H,12-13,16-17H2,1-7H3;9-12,15-16,19H,3,13-14,17-18H2,1-2,4-8H3/t2*24-;/m11./s1. The van der Waals surface area contributed by atoms with Crippen LogP contribution in [0, 0.1) is 34.2 Å². The van der Waals surface area contributed by atoms with E-state index >= 15 is 0 Å². The second kappa shape index (κ2) is 32.1. The number of halogens is 3. The minimum absolute atomic E-state index is 0.0454. The minimum Gasteiger partial charge on any atom is -0.449 e. The molecule has 3 aliphatic heterocycles. The van der Waals surface area contributed by atoms with Crippen molar-refractivity contribution in [3.8, 4) is 33.8 Å². The molecule has 598 valence electrons. The summed E-state index contributed by atoms with van der Waals surface area (Å²) in [5.41, 5.74) is 10.4. The largest absolute Gasteiger partial charge is 0.449 e. The van der Waals surface area contributed by atoms with Crippen LogP contribution < -0.4 is 0 Å². The first-order valence-corrected chi connectivity index (χ1v) is 39.2. The molecule has 9 aromatic rings. The van der Waals surface area contributed by atoms with E-state index in [0.717, 1.165) is 77.1 Å². The number of piperazine rings is 3. The molecule has 2 atom stereocenters. The summed E-state index contributed by atoms with van der Waals surface area (Å²) in [4.78, 5) is 92.0. The van der Waals surface area contributed by atoms with Gasteiger partial charge in [-0.05, 0) is 199 Å². The zero-order valence-corrected chi connectivity index (χ0v) is 68.7. The van der Waals surface area contributed by atoms with Crippen molar-refractivity contribution in [2.45, 2.75) is 210 Å². The van der Waals surface area contributed by atoms with Gasteiger partial charge in [0.1, 0.15) is 46.2 Å². The van der Waals surface area contributed by atoms with Crippen LogP contribution in [-0.4, -0.2) is 172 Å². The Morgan fingerprint density at radius 2 is 0.795 bits per heavy atom. The van der Waals surface area contributed by atoms with Gasteiger partial charge in [-0.3, -0.25) is 24.0 Å². The summed E-state index contributed by atoms with van der Waals surface area (Å²) in [5, 5.41) is 20.8. The van der Waals surface area contributed by atoms with Gasteiger partial charge in [0.2, 0.25) is 0 Å². The van der Waals surface area contributed by atoms with Crippen LogP contribution in [0.1, 0.15) is 224 Å². The van der Waals surface area contributed by atoms with Crippen LogP contribution >= 0.6 is 0 Å². The molecule has 2 N–H and O–H groups in total. The van der Waals surface area contributed by atoms with Crippen LogP contribution in [0.4, 0.5) is 13.2 Å². The van der Waals surface area contributed by atoms with E-state index in [1.165, 1.54) is 36.4 Å². The van der Waals surface area contributed by atoms with Gasteiger partial charge in [0.05, 0.1) is 33.7 Å². The molecular formula is C90H112F3N9O10. The summed E-state index contributed by atoms with van der Waals surface area (Å²) >= 11 is 0. The van der Waals surface area contributed by atoms with Gasteiger partial charge in [-0.25, -0.2) is 28.1 Å². The number of nitrogens with zero attached hydrogens (tertiary/aromatic N) is 9. The molecule has 0 radical (unpaired) electrons. The zero-order valence-electron chi connectivity index (χ0n) is 68.7. The van der Waals surface area contributed by atoms with E-state index in [0.29, 0.717) is 109 Å². The normalized spacial score (nSPS) is 17.4. The molecule has 6 aromatic heterocycles. The average molecular weight is 1540 g/mol. The second-order valence-electron chi connectivity index (χ2n) is 36.6. The van der Waals surface area contributed by atoms with Gasteiger partial charge in [-0.15, -0.1) is 0 Å². The Morgan fingerprint density at radius 1 is 0.464 bits per heavy atom. The number of furan rings is 3. The van der Waals surface area contributed by atoms with Crippen LogP contribution in [-0.2, 0) is 15.0 Å². The van der Waals surface area contributed by atoms with Gasteiger partial charge in [-0.2, -0.15) is 0 Å². The molecular weight excluding hydrogens is 1420 g/mol. The summed E-state index contributed by atoms with van der Waals surface area (Å²) < 4.78 is 58.9. The lowest BCUT2D eigenvalue weighted by molar-refractivity contribution is -0.146. The molecule has 4 aliphatic rings. The van der Waals surface area contributed by atoms with Gasteiger partial charge in [-0.1, -0.05) is 96.6 Å². The molecule has 0 unspecified atom stereocenters. The number of aliphatic hydroxyl groups is 2. The van der Waals surface area contributed by atoms with Crippen molar-refractivity contribution < 1.29 is 60.6 Å². The summed E-state index contributed by atoms with van der Waals surface area (Å²) in [5.74, 6) is -0.977. The number of hydrogen-bond acceptors (Lipinski definition) is 14. The Kier molecular flexibility index (Phi) is 23.8. The van der Waals surface area contributed by atoms with Crippen molar-refractivity contribution in [3.63, 3.8) is 0 Å². The van der Waals surface area contributed by atoms with Gasteiger partial charge in [0.25, 0.3) is 29.5 Å². The fourth-order valence-electron chi connectivity index (χ4n) is 15.5. The van der Waals surface area contributed by atoms with E-state index in [1.54, 1.807) is 74.2 Å². The lowest BCUT2D eigenvalue weighted by atomic mass is 9.88. The average Bonchev–Trinajstić information content (AvgIpc) is 1.58. The highest BCUT2D eigenvalue weighted by atomic mass is 19.1. The molecule has 0 bridgehead atoms. The Balaban J connectivity index is 0.000000166. The Labute approximate surface area is 656 Å². The van der Waals surface area contributed by atoms with Crippen molar-refractivity contribution in [3.05, 3.63) is 173 Å². The fraction of sp³-hybridized carbons (Fsp3) is 0.489. The molecule has 4 fully saturated rings. The molecule has 19 nitrogen and oxygen atoms in total. The quantitative estimate of drug-likeness (QED) is 0.0918. The molecule has 1 aliphatic carbocycles. The predicted molar refractivity (Wildman–Crippen MR) is 432 cm³/mol. The first-order valence-electron chi connectivity index (χ1n) is 39.2. The summed E-state index contributed by atoms with van der Waals surface area (Å²) in [6, 6.07) is 29.7. The van der Waals surface area contributed by atoms with Gasteiger partial charge in [0, 0.05) is 116 Å². The van der Waals surface area contributed by atoms with E-state index in [2.05, 4.69) is 66.9 Å². The van der Waals surface area contributed by atoms with E-state index in [9.17, 15) is 47.4 Å². The molecule has 1 saturated carbocycles. The topological polar surface area (TPSA) is 223 Å². The monoisotopic (exact) mass is 1540 g/mol. The first kappa shape index (κ1) is 83.3. The number of amides is 5. The molecule has 13 rings (SSSR count). The maximum absolute atomic E-state index is 13.7. The first-order chi connectivity index (χ1) is 52.3. The number of pyridine rings is 3. The zero-order chi connectivity index (χ0) is 81.8. The smallest absolute Gasteiger partial charge is 0.290 e. The predicted octanol–water partition coefficient (Wildman–Crippen LogP) is 18.0. The lowest BCUT2D eigenvalue weighted by Crippen LogP contribution is -2.63. The Hall–Kier alpha value is -9.67. The number of rotatable bonds is 16. The van der Waals surface area contributed by atoms with Crippen LogP contribution in [0.15, 0.2) is 135 Å². The number of carbonyl (C=O) groups is 5. The number of aliphatic hydroxyl groups excluding tert-OH is 2. The van der Waals surface area contributed by atoms with E-state index in [-0.39, 0.29) is 98.0 Å². The molecule has 9 heterocycles. The fourth-order valence-corrected chi connectivity index (χ4v) is 15.5. The SMILES string of the molecule is C=C(CC(C)(C)C)N1CCN(C(=O)c2cc3nc(-c4ccc(F)cc4)cc(C(C)C)c3o2)C(C)(C)C1.CC(C)C[C@@H](O)C(=O)N1CCN(C(=O)c2cc3nc(-c4ccc(F)cc4)cc(C4(C)CC4)c3o2)C(C)(C)C1.CC(C)c1cc(-c2ccc(F)cc2)nc2cc(C(=O)N3CCN(C(=O)[C@H](O)CC(C)(C)C)CC3(C)C)oc12. The van der Waals surface area contributed by atoms with E-state index in [4.69, 9.17) is 28.2 Å². The van der Waals surface area contributed by atoms with Gasteiger partial charge < -0.3 is 52.9 Å². The third-order valence-electron chi connectivity index (χ3n) is 21.8. The van der Waals surface area contributed by atoms with Crippen molar-refractivity contribution >= 4 is 62.8 Å². The maximum Gasteiger partial charge on any atom is 0.290 e. The van der Waals surface area contributed by atoms with Crippen LogP contribution in [0.2, 0.25) is 0 Å². The number of aromatic nitrogens is 3. The molecule has 112 heavy (non-hydrogen) atoms. The summed E-state index contributed by atoms with van der Waals surface area (Å²) in [7, 11) is 0. The Morgan fingerprint density at radius 3 is 1.12 bits per heavy atom. The summed E-state index contributed by atoms with van der Waals surface area (Å²) in [6.45, 7) is 47.2. The van der Waals surface area contributed by atoms with Gasteiger partial charge >= 0.3 is 0 Å². The Bertz CT molecular complexity index is 4980. The van der Waals surface area contributed by atoms with E-state index < -0.39 is 23.3 Å². The van der Waals surface area contributed by atoms with Crippen molar-refractivity contribution in [1.29, 1.82) is 0 Å². The number of allylic oxidation sites excluding steroid dienone is 1. The molecule has 22 heteroatoms. The highest BCUT2D eigenvalue weighted by Gasteiger charge is 2.46. The van der Waals surface area contributed by atoms with Crippen LogP contribution in [0.5, 0.6) is 0 Å². The number of fused-ring (bicyclic) bond motifs is 3. The van der Waals surface area contributed by atoms with E-state index in [1.807, 2.05) is 99.3 Å². The molecule has 3 saturated heterocycles. The summed E-state index contributed by atoms with van der Waals surface area (Å²) in [6.07, 6.45) is 1.63. The minimum atomic E-state index is -1.07. The third-order valence-corrected chi connectivity index (χ3v) is 21.8.